The summed E-state index contributed by atoms with van der Waals surface area (Å²) in [5.41, 5.74) is 5.56. The number of halogens is 2. The Bertz CT molecular complexity index is 347. The fourth-order valence-electron chi connectivity index (χ4n) is 1.04. The van der Waals surface area contributed by atoms with E-state index in [1.54, 1.807) is 6.07 Å². The molecule has 1 aromatic carbocycles. The molecule has 0 amide bonds. The van der Waals surface area contributed by atoms with E-state index in [4.69, 9.17) is 17.3 Å². The van der Waals surface area contributed by atoms with E-state index in [9.17, 15) is 10.1 Å². The first-order valence-corrected chi connectivity index (χ1v) is 4.41. The summed E-state index contributed by atoms with van der Waals surface area (Å²) in [5.74, 6) is 0. The third kappa shape index (κ3) is 3.54. The van der Waals surface area contributed by atoms with Gasteiger partial charge in [-0.2, -0.15) is 0 Å². The molecule has 0 spiro atoms. The molecule has 0 saturated heterocycles. The Kier molecular flexibility index (Phi) is 6.00. The Morgan fingerprint density at radius 1 is 1.53 bits per heavy atom. The summed E-state index contributed by atoms with van der Waals surface area (Å²) >= 11 is 5.80. The van der Waals surface area contributed by atoms with Crippen LogP contribution in [-0.2, 0) is 0 Å². The van der Waals surface area contributed by atoms with Crippen LogP contribution in [0.5, 0.6) is 0 Å². The van der Waals surface area contributed by atoms with Crippen LogP contribution in [-0.4, -0.2) is 18.0 Å². The fraction of sp³-hybridized carbons (Fsp3) is 0.250. The molecule has 0 aliphatic heterocycles. The highest BCUT2D eigenvalue weighted by Crippen LogP contribution is 2.31. The highest BCUT2D eigenvalue weighted by atomic mass is 35.5. The van der Waals surface area contributed by atoms with E-state index in [1.807, 2.05) is 0 Å². The van der Waals surface area contributed by atoms with Crippen molar-refractivity contribution in [2.75, 3.05) is 18.4 Å². The molecular weight excluding hydrogens is 241 g/mol. The molecule has 0 aliphatic carbocycles. The highest BCUT2D eigenvalue weighted by molar-refractivity contribution is 6.33. The van der Waals surface area contributed by atoms with Crippen LogP contribution >= 0.6 is 24.0 Å². The smallest absolute Gasteiger partial charge is 0.293 e. The van der Waals surface area contributed by atoms with Gasteiger partial charge in [0.25, 0.3) is 5.69 Å². The van der Waals surface area contributed by atoms with Crippen molar-refractivity contribution in [2.45, 2.75) is 0 Å². The molecule has 15 heavy (non-hydrogen) atoms. The largest absolute Gasteiger partial charge is 0.377 e. The van der Waals surface area contributed by atoms with Crippen molar-refractivity contribution < 1.29 is 4.92 Å². The fourth-order valence-corrected chi connectivity index (χ4v) is 1.27. The molecule has 1 aromatic rings. The number of anilines is 1. The van der Waals surface area contributed by atoms with Gasteiger partial charge in [-0.05, 0) is 6.07 Å². The number of para-hydroxylation sites is 1. The van der Waals surface area contributed by atoms with Crippen LogP contribution in [0.25, 0.3) is 0 Å². The number of nitro groups is 1. The van der Waals surface area contributed by atoms with Gasteiger partial charge >= 0.3 is 0 Å². The second kappa shape index (κ2) is 6.44. The molecule has 0 aromatic heterocycles. The monoisotopic (exact) mass is 251 g/mol. The molecule has 0 fully saturated rings. The topological polar surface area (TPSA) is 81.2 Å². The zero-order valence-corrected chi connectivity index (χ0v) is 9.35. The molecule has 3 N–H and O–H groups in total. The lowest BCUT2D eigenvalue weighted by molar-refractivity contribution is -0.383. The minimum Gasteiger partial charge on any atom is -0.377 e. The van der Waals surface area contributed by atoms with Gasteiger partial charge < -0.3 is 11.1 Å². The number of nitrogens with two attached hydrogens (primary N) is 1. The minimum absolute atomic E-state index is 0. The summed E-state index contributed by atoms with van der Waals surface area (Å²) < 4.78 is 0. The van der Waals surface area contributed by atoms with Gasteiger partial charge in [-0.15, -0.1) is 12.4 Å². The third-order valence-electron chi connectivity index (χ3n) is 1.63. The summed E-state index contributed by atoms with van der Waals surface area (Å²) in [4.78, 5) is 10.1. The molecule has 5 nitrogen and oxygen atoms in total. The molecule has 0 radical (unpaired) electrons. The lowest BCUT2D eigenvalue weighted by atomic mass is 10.2. The quantitative estimate of drug-likeness (QED) is 0.634. The number of hydrogen-bond acceptors (Lipinski definition) is 4. The van der Waals surface area contributed by atoms with E-state index in [0.29, 0.717) is 23.8 Å². The van der Waals surface area contributed by atoms with Gasteiger partial charge in [0.1, 0.15) is 5.69 Å². The lowest BCUT2D eigenvalue weighted by Crippen LogP contribution is -2.14. The maximum Gasteiger partial charge on any atom is 0.293 e. The molecule has 0 unspecified atom stereocenters. The molecule has 0 heterocycles. The van der Waals surface area contributed by atoms with Crippen LogP contribution < -0.4 is 11.1 Å². The number of rotatable bonds is 4. The molecule has 84 valence electrons. The molecule has 7 heteroatoms. The van der Waals surface area contributed by atoms with Crippen molar-refractivity contribution >= 4 is 35.4 Å². The number of nitrogens with zero attached hydrogens (tertiary/aromatic N) is 1. The molecule has 0 aliphatic rings. The second-order valence-corrected chi connectivity index (χ2v) is 3.01. The van der Waals surface area contributed by atoms with Crippen LogP contribution in [0.2, 0.25) is 5.02 Å². The predicted molar refractivity (Wildman–Crippen MR) is 62.9 cm³/mol. The van der Waals surface area contributed by atoms with Crippen LogP contribution in [0.3, 0.4) is 0 Å². The Morgan fingerprint density at radius 2 is 2.20 bits per heavy atom. The van der Waals surface area contributed by atoms with E-state index >= 15 is 0 Å². The third-order valence-corrected chi connectivity index (χ3v) is 1.95. The van der Waals surface area contributed by atoms with Gasteiger partial charge in [-0.3, -0.25) is 10.1 Å². The second-order valence-electron chi connectivity index (χ2n) is 2.61. The molecule has 0 saturated carbocycles. The lowest BCUT2D eigenvalue weighted by Gasteiger charge is -2.06. The Labute approximate surface area is 98.2 Å². The highest BCUT2D eigenvalue weighted by Gasteiger charge is 2.15. The molecule has 0 atom stereocenters. The van der Waals surface area contributed by atoms with Gasteiger partial charge in [0, 0.05) is 19.2 Å². The van der Waals surface area contributed by atoms with E-state index in [0.717, 1.165) is 0 Å². The zero-order chi connectivity index (χ0) is 10.6. The summed E-state index contributed by atoms with van der Waals surface area (Å²) in [6.45, 7) is 0.840. The predicted octanol–water partition coefficient (Wildman–Crippen LogP) is 2.04. The van der Waals surface area contributed by atoms with Gasteiger partial charge in [0.2, 0.25) is 0 Å². The first-order valence-electron chi connectivity index (χ1n) is 4.03. The normalized spacial score (nSPS) is 9.20. The van der Waals surface area contributed by atoms with Crippen molar-refractivity contribution in [1.29, 1.82) is 0 Å². The number of nitro benzene ring substituents is 1. The van der Waals surface area contributed by atoms with Gasteiger partial charge in [-0.25, -0.2) is 0 Å². The minimum atomic E-state index is -0.481. The number of nitrogens with one attached hydrogen (secondary N) is 1. The Balaban J connectivity index is 0.00000196. The van der Waals surface area contributed by atoms with Crippen molar-refractivity contribution in [2.24, 2.45) is 5.73 Å². The van der Waals surface area contributed by atoms with Crippen molar-refractivity contribution in [3.05, 3.63) is 33.3 Å². The van der Waals surface area contributed by atoms with E-state index < -0.39 is 4.92 Å². The van der Waals surface area contributed by atoms with Crippen LogP contribution in [0.4, 0.5) is 11.4 Å². The summed E-state index contributed by atoms with van der Waals surface area (Å²) in [6.07, 6.45) is 0. The van der Waals surface area contributed by atoms with Gasteiger partial charge in [-0.1, -0.05) is 17.7 Å². The standard InChI is InChI=1S/C8H10ClN3O2.ClH/c9-6-2-1-3-7(12(13)14)8(6)11-5-4-10;/h1-3,11H,4-5,10H2;1H. The average molecular weight is 252 g/mol. The SMILES string of the molecule is Cl.NCCNc1c(Cl)cccc1[N+](=O)[O-]. The van der Waals surface area contributed by atoms with E-state index in [1.165, 1.54) is 12.1 Å². The average Bonchev–Trinajstić information content (AvgIpc) is 2.15. The first kappa shape index (κ1) is 14.0. The summed E-state index contributed by atoms with van der Waals surface area (Å²) in [7, 11) is 0. The number of hydrogen-bond donors (Lipinski definition) is 2. The Hall–Kier alpha value is -1.04. The van der Waals surface area contributed by atoms with Gasteiger partial charge in [0.05, 0.1) is 9.95 Å². The molecular formula is C8H11Cl2N3O2. The van der Waals surface area contributed by atoms with E-state index in [2.05, 4.69) is 5.32 Å². The summed E-state index contributed by atoms with van der Waals surface area (Å²) in [6, 6.07) is 4.52. The van der Waals surface area contributed by atoms with Crippen molar-refractivity contribution in [3.63, 3.8) is 0 Å². The summed E-state index contributed by atoms with van der Waals surface area (Å²) in [5, 5.41) is 13.8. The Morgan fingerprint density at radius 3 is 2.73 bits per heavy atom. The molecule has 1 rings (SSSR count). The number of benzene rings is 1. The van der Waals surface area contributed by atoms with E-state index in [-0.39, 0.29) is 18.1 Å². The van der Waals surface area contributed by atoms with Crippen molar-refractivity contribution in [3.8, 4) is 0 Å². The maximum atomic E-state index is 10.6. The van der Waals surface area contributed by atoms with Crippen molar-refractivity contribution in [1.82, 2.24) is 0 Å². The van der Waals surface area contributed by atoms with Crippen LogP contribution in [0.1, 0.15) is 0 Å². The van der Waals surface area contributed by atoms with Crippen LogP contribution in [0.15, 0.2) is 18.2 Å². The molecule has 0 bridgehead atoms. The first-order chi connectivity index (χ1) is 6.66. The maximum absolute atomic E-state index is 10.6. The van der Waals surface area contributed by atoms with Crippen LogP contribution in [0, 0.1) is 10.1 Å². The van der Waals surface area contributed by atoms with Gasteiger partial charge in [0.15, 0.2) is 0 Å². The zero-order valence-electron chi connectivity index (χ0n) is 7.77.